The average Bonchev–Trinajstić information content (AvgIpc) is 2.94. The maximum atomic E-state index is 13.7. The number of anilines is 1. The number of benzene rings is 1. The van der Waals surface area contributed by atoms with E-state index in [0.29, 0.717) is 6.04 Å². The SMILES string of the molecule is Fc1ccccc1N1CCN(C2CCNC2)CC1. The zero-order valence-corrected chi connectivity index (χ0v) is 10.6. The largest absolute Gasteiger partial charge is 0.367 e. The highest BCUT2D eigenvalue weighted by Crippen LogP contribution is 2.21. The highest BCUT2D eigenvalue weighted by atomic mass is 19.1. The lowest BCUT2D eigenvalue weighted by Crippen LogP contribution is -2.51. The number of halogens is 1. The third-order valence-electron chi connectivity index (χ3n) is 4.06. The molecule has 2 aliphatic rings. The molecule has 0 radical (unpaired) electrons. The minimum atomic E-state index is -0.103. The summed E-state index contributed by atoms with van der Waals surface area (Å²) in [5.41, 5.74) is 0.752. The van der Waals surface area contributed by atoms with Crippen molar-refractivity contribution in [3.8, 4) is 0 Å². The van der Waals surface area contributed by atoms with Gasteiger partial charge in [0.05, 0.1) is 5.69 Å². The molecule has 98 valence electrons. The van der Waals surface area contributed by atoms with Crippen LogP contribution < -0.4 is 10.2 Å². The number of nitrogens with one attached hydrogen (secondary N) is 1. The molecule has 3 nitrogen and oxygen atoms in total. The fourth-order valence-electron chi connectivity index (χ4n) is 2.99. The molecule has 0 aromatic heterocycles. The summed E-state index contributed by atoms with van der Waals surface area (Å²) in [7, 11) is 0. The molecule has 1 N–H and O–H groups in total. The second-order valence-electron chi connectivity index (χ2n) is 5.12. The van der Waals surface area contributed by atoms with Gasteiger partial charge in [-0.05, 0) is 25.1 Å². The van der Waals surface area contributed by atoms with Gasteiger partial charge >= 0.3 is 0 Å². The number of hydrogen-bond donors (Lipinski definition) is 1. The molecular formula is C14H20FN3. The van der Waals surface area contributed by atoms with Gasteiger partial charge in [0.25, 0.3) is 0 Å². The molecule has 0 bridgehead atoms. The topological polar surface area (TPSA) is 18.5 Å². The Bertz CT molecular complexity index is 396. The van der Waals surface area contributed by atoms with Gasteiger partial charge in [-0.2, -0.15) is 0 Å². The van der Waals surface area contributed by atoms with E-state index in [1.165, 1.54) is 6.42 Å². The predicted molar refractivity (Wildman–Crippen MR) is 71.5 cm³/mol. The van der Waals surface area contributed by atoms with Gasteiger partial charge in [-0.15, -0.1) is 0 Å². The van der Waals surface area contributed by atoms with Crippen LogP contribution in [0.4, 0.5) is 10.1 Å². The van der Waals surface area contributed by atoms with Crippen molar-refractivity contribution >= 4 is 5.69 Å². The molecular weight excluding hydrogens is 229 g/mol. The van der Waals surface area contributed by atoms with Crippen molar-refractivity contribution in [2.45, 2.75) is 12.5 Å². The Labute approximate surface area is 108 Å². The molecule has 1 aromatic rings. The van der Waals surface area contributed by atoms with Crippen LogP contribution in [0.2, 0.25) is 0 Å². The summed E-state index contributed by atoms with van der Waals surface area (Å²) in [4.78, 5) is 4.70. The number of nitrogens with zero attached hydrogens (tertiary/aromatic N) is 2. The highest BCUT2D eigenvalue weighted by Gasteiger charge is 2.26. The van der Waals surface area contributed by atoms with Crippen LogP contribution in [-0.4, -0.2) is 50.2 Å². The van der Waals surface area contributed by atoms with Crippen LogP contribution in [0.25, 0.3) is 0 Å². The first kappa shape index (κ1) is 11.9. The fourth-order valence-corrected chi connectivity index (χ4v) is 2.99. The summed E-state index contributed by atoms with van der Waals surface area (Å²) in [6.45, 7) is 6.19. The third-order valence-corrected chi connectivity index (χ3v) is 4.06. The van der Waals surface area contributed by atoms with E-state index in [4.69, 9.17) is 0 Å². The molecule has 2 aliphatic heterocycles. The second-order valence-corrected chi connectivity index (χ2v) is 5.12. The molecule has 4 heteroatoms. The zero-order valence-electron chi connectivity index (χ0n) is 10.6. The van der Waals surface area contributed by atoms with Gasteiger partial charge in [-0.25, -0.2) is 4.39 Å². The standard InChI is InChI=1S/C14H20FN3/c15-13-3-1-2-4-14(13)18-9-7-17(8-10-18)12-5-6-16-11-12/h1-4,12,16H,5-11H2. The second kappa shape index (κ2) is 5.24. The number of para-hydroxylation sites is 1. The Morgan fingerprint density at radius 2 is 1.89 bits per heavy atom. The van der Waals surface area contributed by atoms with Crippen LogP contribution in [0.3, 0.4) is 0 Å². The quantitative estimate of drug-likeness (QED) is 0.852. The Balaban J connectivity index is 1.61. The molecule has 0 amide bonds. The average molecular weight is 249 g/mol. The Hall–Kier alpha value is -1.13. The van der Waals surface area contributed by atoms with Crippen LogP contribution in [0.1, 0.15) is 6.42 Å². The first-order valence-corrected chi connectivity index (χ1v) is 6.79. The Kier molecular flexibility index (Phi) is 3.48. The van der Waals surface area contributed by atoms with Crippen molar-refractivity contribution in [3.63, 3.8) is 0 Å². The summed E-state index contributed by atoms with van der Waals surface area (Å²) in [6, 6.07) is 7.77. The molecule has 2 fully saturated rings. The van der Waals surface area contributed by atoms with Gasteiger partial charge in [0.2, 0.25) is 0 Å². The van der Waals surface area contributed by atoms with E-state index in [9.17, 15) is 4.39 Å². The molecule has 2 saturated heterocycles. The minimum absolute atomic E-state index is 0.103. The summed E-state index contributed by atoms with van der Waals surface area (Å²) >= 11 is 0. The smallest absolute Gasteiger partial charge is 0.146 e. The van der Waals surface area contributed by atoms with Gasteiger partial charge in [0, 0.05) is 38.8 Å². The lowest BCUT2D eigenvalue weighted by molar-refractivity contribution is 0.196. The molecule has 0 aliphatic carbocycles. The molecule has 0 saturated carbocycles. The highest BCUT2D eigenvalue weighted by molar-refractivity contribution is 5.48. The lowest BCUT2D eigenvalue weighted by atomic mass is 10.1. The van der Waals surface area contributed by atoms with Crippen LogP contribution in [0, 0.1) is 5.82 Å². The summed E-state index contributed by atoms with van der Waals surface area (Å²) in [5, 5.41) is 3.41. The fraction of sp³-hybridized carbons (Fsp3) is 0.571. The molecule has 3 rings (SSSR count). The first-order valence-electron chi connectivity index (χ1n) is 6.79. The van der Waals surface area contributed by atoms with E-state index in [-0.39, 0.29) is 5.82 Å². The summed E-state index contributed by atoms with van der Waals surface area (Å²) < 4.78 is 13.7. The molecule has 1 aromatic carbocycles. The van der Waals surface area contributed by atoms with E-state index < -0.39 is 0 Å². The van der Waals surface area contributed by atoms with Gasteiger partial charge < -0.3 is 10.2 Å². The lowest BCUT2D eigenvalue weighted by Gasteiger charge is -2.39. The zero-order chi connectivity index (χ0) is 12.4. The van der Waals surface area contributed by atoms with Crippen molar-refractivity contribution < 1.29 is 4.39 Å². The van der Waals surface area contributed by atoms with E-state index in [2.05, 4.69) is 15.1 Å². The van der Waals surface area contributed by atoms with Gasteiger partial charge in [-0.3, -0.25) is 4.90 Å². The first-order chi connectivity index (χ1) is 8.84. The minimum Gasteiger partial charge on any atom is -0.367 e. The van der Waals surface area contributed by atoms with Crippen LogP contribution >= 0.6 is 0 Å². The number of piperazine rings is 1. The Morgan fingerprint density at radius 1 is 1.11 bits per heavy atom. The molecule has 2 heterocycles. The summed E-state index contributed by atoms with van der Waals surface area (Å²) in [5.74, 6) is -0.103. The van der Waals surface area contributed by atoms with Crippen molar-refractivity contribution in [2.75, 3.05) is 44.2 Å². The number of rotatable bonds is 2. The van der Waals surface area contributed by atoms with Gasteiger partial charge in [0.15, 0.2) is 0 Å². The summed E-state index contributed by atoms with van der Waals surface area (Å²) in [6.07, 6.45) is 1.25. The molecule has 1 unspecified atom stereocenters. The van der Waals surface area contributed by atoms with Crippen molar-refractivity contribution in [1.29, 1.82) is 0 Å². The molecule has 0 spiro atoms. The van der Waals surface area contributed by atoms with E-state index in [1.807, 2.05) is 12.1 Å². The van der Waals surface area contributed by atoms with Crippen LogP contribution in [-0.2, 0) is 0 Å². The van der Waals surface area contributed by atoms with Gasteiger partial charge in [0.1, 0.15) is 5.82 Å². The van der Waals surface area contributed by atoms with Crippen LogP contribution in [0.5, 0.6) is 0 Å². The number of hydrogen-bond acceptors (Lipinski definition) is 3. The normalized spacial score (nSPS) is 25.6. The van der Waals surface area contributed by atoms with E-state index >= 15 is 0 Å². The molecule has 18 heavy (non-hydrogen) atoms. The molecule has 1 atom stereocenters. The maximum absolute atomic E-state index is 13.7. The van der Waals surface area contributed by atoms with Crippen molar-refractivity contribution in [3.05, 3.63) is 30.1 Å². The predicted octanol–water partition coefficient (Wildman–Crippen LogP) is 1.31. The third kappa shape index (κ3) is 2.35. The van der Waals surface area contributed by atoms with Crippen LogP contribution in [0.15, 0.2) is 24.3 Å². The Morgan fingerprint density at radius 3 is 2.56 bits per heavy atom. The van der Waals surface area contributed by atoms with Gasteiger partial charge in [-0.1, -0.05) is 12.1 Å². The van der Waals surface area contributed by atoms with E-state index in [1.54, 1.807) is 12.1 Å². The van der Waals surface area contributed by atoms with E-state index in [0.717, 1.165) is 45.0 Å². The monoisotopic (exact) mass is 249 g/mol. The maximum Gasteiger partial charge on any atom is 0.146 e. The van der Waals surface area contributed by atoms with Crippen molar-refractivity contribution in [1.82, 2.24) is 10.2 Å². The van der Waals surface area contributed by atoms with Crippen molar-refractivity contribution in [2.24, 2.45) is 0 Å².